The fourth-order valence-corrected chi connectivity index (χ4v) is 2.96. The van der Waals surface area contributed by atoms with Crippen molar-refractivity contribution in [2.45, 2.75) is 45.9 Å². The molecular weight excluding hydrogens is 316 g/mol. The standard InChI is InChI=1S/C13H25FNO6P/c1-4-5-8-22(18,19)11(14)6-7-15-13(17)21-9-20-12(16)10(2)3/h10-11H,4-9H2,1-3H3,(H,15,17)(H,18,19)/t11-/m0/s1. The van der Waals surface area contributed by atoms with Crippen molar-refractivity contribution < 1.29 is 32.9 Å². The molecule has 0 radical (unpaired) electrons. The van der Waals surface area contributed by atoms with Crippen LogP contribution in [0.5, 0.6) is 0 Å². The smallest absolute Gasteiger partial charge is 0.410 e. The molecule has 0 rings (SSSR count). The normalized spacial score (nSPS) is 15.0. The lowest BCUT2D eigenvalue weighted by Gasteiger charge is -2.16. The summed E-state index contributed by atoms with van der Waals surface area (Å²) >= 11 is 0. The quantitative estimate of drug-likeness (QED) is 0.360. The van der Waals surface area contributed by atoms with Crippen molar-refractivity contribution in [1.82, 2.24) is 5.32 Å². The lowest BCUT2D eigenvalue weighted by atomic mass is 10.2. The lowest BCUT2D eigenvalue weighted by Crippen LogP contribution is -2.28. The summed E-state index contributed by atoms with van der Waals surface area (Å²) in [7, 11) is -3.83. The third-order valence-corrected chi connectivity index (χ3v) is 4.88. The minimum atomic E-state index is -3.83. The molecule has 1 amide bonds. The van der Waals surface area contributed by atoms with Gasteiger partial charge in [-0.25, -0.2) is 9.18 Å². The van der Waals surface area contributed by atoms with E-state index in [0.29, 0.717) is 12.8 Å². The first-order valence-corrected chi connectivity index (χ1v) is 9.15. The average molecular weight is 341 g/mol. The summed E-state index contributed by atoms with van der Waals surface area (Å²) in [5.41, 5.74) is 0. The first kappa shape index (κ1) is 20.9. The van der Waals surface area contributed by atoms with E-state index in [-0.39, 0.29) is 25.0 Å². The maximum absolute atomic E-state index is 13.6. The summed E-state index contributed by atoms with van der Waals surface area (Å²) in [5, 5.41) is 2.22. The highest BCUT2D eigenvalue weighted by atomic mass is 31.2. The van der Waals surface area contributed by atoms with Gasteiger partial charge in [0.25, 0.3) is 0 Å². The predicted molar refractivity (Wildman–Crippen MR) is 79.4 cm³/mol. The molecule has 0 aromatic carbocycles. The molecule has 0 aliphatic heterocycles. The summed E-state index contributed by atoms with van der Waals surface area (Å²) in [6.07, 6.45) is -0.0504. The number of hydrogen-bond donors (Lipinski definition) is 2. The summed E-state index contributed by atoms with van der Waals surface area (Å²) in [6.45, 7) is 4.44. The summed E-state index contributed by atoms with van der Waals surface area (Å²) in [5.74, 6) is -2.72. The highest BCUT2D eigenvalue weighted by molar-refractivity contribution is 7.58. The minimum absolute atomic E-state index is 0.0692. The monoisotopic (exact) mass is 341 g/mol. The van der Waals surface area contributed by atoms with Gasteiger partial charge in [0, 0.05) is 19.1 Å². The molecule has 0 fully saturated rings. The molecule has 0 aliphatic rings. The van der Waals surface area contributed by atoms with Crippen molar-refractivity contribution in [3.63, 3.8) is 0 Å². The van der Waals surface area contributed by atoms with Crippen molar-refractivity contribution in [1.29, 1.82) is 0 Å². The molecule has 0 aromatic rings. The number of hydrogen-bond acceptors (Lipinski definition) is 5. The molecule has 0 saturated carbocycles. The Morgan fingerprint density at radius 2 is 1.95 bits per heavy atom. The number of nitrogens with one attached hydrogen (secondary N) is 1. The second kappa shape index (κ2) is 10.6. The zero-order valence-electron chi connectivity index (χ0n) is 13.2. The molecule has 130 valence electrons. The number of ether oxygens (including phenoxy) is 2. The SMILES string of the molecule is CCCCP(=O)(O)[C@H](F)CCNC(=O)OCOC(=O)C(C)C. The van der Waals surface area contributed by atoms with E-state index in [1.54, 1.807) is 13.8 Å². The number of halogens is 1. The largest absolute Gasteiger partial charge is 0.428 e. The third-order valence-electron chi connectivity index (χ3n) is 2.78. The Bertz CT molecular complexity index is 404. The van der Waals surface area contributed by atoms with Crippen LogP contribution >= 0.6 is 7.37 Å². The number of carbonyl (C=O) groups is 2. The van der Waals surface area contributed by atoms with E-state index in [4.69, 9.17) is 0 Å². The van der Waals surface area contributed by atoms with Crippen molar-refractivity contribution in [3.05, 3.63) is 0 Å². The predicted octanol–water partition coefficient (Wildman–Crippen LogP) is 2.63. The number of carbonyl (C=O) groups excluding carboxylic acids is 2. The van der Waals surface area contributed by atoms with Crippen LogP contribution < -0.4 is 5.32 Å². The van der Waals surface area contributed by atoms with E-state index in [1.165, 1.54) is 0 Å². The van der Waals surface area contributed by atoms with Crippen LogP contribution in [-0.2, 0) is 18.8 Å². The van der Waals surface area contributed by atoms with Gasteiger partial charge < -0.3 is 19.7 Å². The van der Waals surface area contributed by atoms with Crippen molar-refractivity contribution in [2.75, 3.05) is 19.5 Å². The van der Waals surface area contributed by atoms with Crippen LogP contribution in [0.3, 0.4) is 0 Å². The molecule has 0 saturated heterocycles. The molecule has 0 aliphatic carbocycles. The number of esters is 1. The Labute approximate surface area is 130 Å². The summed E-state index contributed by atoms with van der Waals surface area (Å²) < 4.78 is 34.4. The third kappa shape index (κ3) is 9.00. The van der Waals surface area contributed by atoms with Crippen LogP contribution in [0, 0.1) is 5.92 Å². The van der Waals surface area contributed by atoms with E-state index in [9.17, 15) is 23.4 Å². The van der Waals surface area contributed by atoms with Gasteiger partial charge in [-0.15, -0.1) is 0 Å². The Morgan fingerprint density at radius 1 is 1.32 bits per heavy atom. The van der Waals surface area contributed by atoms with Gasteiger partial charge in [-0.1, -0.05) is 27.2 Å². The second-order valence-electron chi connectivity index (χ2n) is 5.15. The van der Waals surface area contributed by atoms with Crippen LogP contribution in [0.4, 0.5) is 9.18 Å². The maximum atomic E-state index is 13.6. The van der Waals surface area contributed by atoms with Crippen LogP contribution in [-0.4, -0.2) is 42.4 Å². The molecule has 0 spiro atoms. The molecule has 1 unspecified atom stereocenters. The van der Waals surface area contributed by atoms with E-state index in [2.05, 4.69) is 14.8 Å². The van der Waals surface area contributed by atoms with Gasteiger partial charge in [0.2, 0.25) is 14.2 Å². The highest BCUT2D eigenvalue weighted by Gasteiger charge is 2.29. The summed E-state index contributed by atoms with van der Waals surface area (Å²) in [6, 6.07) is 0. The topological polar surface area (TPSA) is 102 Å². The zero-order valence-corrected chi connectivity index (χ0v) is 14.1. The van der Waals surface area contributed by atoms with Gasteiger partial charge in [-0.2, -0.15) is 0 Å². The molecule has 7 nitrogen and oxygen atoms in total. The average Bonchev–Trinajstić information content (AvgIpc) is 2.44. The van der Waals surface area contributed by atoms with Crippen molar-refractivity contribution in [3.8, 4) is 0 Å². The van der Waals surface area contributed by atoms with Crippen LogP contribution in [0.2, 0.25) is 0 Å². The molecule has 0 heterocycles. The van der Waals surface area contributed by atoms with E-state index < -0.39 is 32.1 Å². The van der Waals surface area contributed by atoms with Crippen molar-refractivity contribution >= 4 is 19.4 Å². The number of rotatable bonds is 10. The minimum Gasteiger partial charge on any atom is -0.428 e. The Morgan fingerprint density at radius 3 is 2.50 bits per heavy atom. The Hall–Kier alpha value is -1.14. The van der Waals surface area contributed by atoms with Gasteiger partial charge >= 0.3 is 12.1 Å². The van der Waals surface area contributed by atoms with E-state index >= 15 is 0 Å². The van der Waals surface area contributed by atoms with E-state index in [0.717, 1.165) is 0 Å². The molecule has 9 heteroatoms. The molecular formula is C13H25FNO6P. The van der Waals surface area contributed by atoms with Gasteiger partial charge in [0.1, 0.15) is 0 Å². The van der Waals surface area contributed by atoms with Gasteiger partial charge in [-0.05, 0) is 6.42 Å². The number of amides is 1. The van der Waals surface area contributed by atoms with Gasteiger partial charge in [0.15, 0.2) is 5.91 Å². The number of alkyl carbamates (subject to hydrolysis) is 1. The van der Waals surface area contributed by atoms with Crippen molar-refractivity contribution in [2.24, 2.45) is 5.92 Å². The second-order valence-corrected chi connectivity index (χ2v) is 7.67. The lowest BCUT2D eigenvalue weighted by molar-refractivity contribution is -0.155. The van der Waals surface area contributed by atoms with Crippen LogP contribution in [0.1, 0.15) is 40.0 Å². The Kier molecular flexibility index (Phi) is 10.0. The Balaban J connectivity index is 3.88. The summed E-state index contributed by atoms with van der Waals surface area (Å²) in [4.78, 5) is 31.8. The fourth-order valence-electron chi connectivity index (χ4n) is 1.38. The van der Waals surface area contributed by atoms with Gasteiger partial charge in [-0.3, -0.25) is 9.36 Å². The number of unbranched alkanes of at least 4 members (excludes halogenated alkanes) is 1. The maximum Gasteiger partial charge on any atom is 0.410 e. The fraction of sp³-hybridized carbons (Fsp3) is 0.846. The number of alkyl halides is 1. The molecule has 0 aromatic heterocycles. The van der Waals surface area contributed by atoms with Crippen LogP contribution in [0.25, 0.3) is 0 Å². The first-order chi connectivity index (χ1) is 10.2. The molecule has 0 bridgehead atoms. The first-order valence-electron chi connectivity index (χ1n) is 7.23. The van der Waals surface area contributed by atoms with E-state index in [1.807, 2.05) is 6.92 Å². The van der Waals surface area contributed by atoms with Crippen LogP contribution in [0.15, 0.2) is 0 Å². The van der Waals surface area contributed by atoms with Gasteiger partial charge in [0.05, 0.1) is 5.92 Å². The molecule has 22 heavy (non-hydrogen) atoms. The highest BCUT2D eigenvalue weighted by Crippen LogP contribution is 2.49. The molecule has 2 atom stereocenters. The zero-order chi connectivity index (χ0) is 17.2. The molecule has 2 N–H and O–H groups in total.